The van der Waals surface area contributed by atoms with Gasteiger partial charge in [0.05, 0.1) is 0 Å². The van der Waals surface area contributed by atoms with E-state index in [1.807, 2.05) is 0 Å². The maximum Gasteiger partial charge on any atom is 0.337 e. The Labute approximate surface area is 88.8 Å². The summed E-state index contributed by atoms with van der Waals surface area (Å²) in [6.07, 6.45) is -1.41. The third-order valence-corrected chi connectivity index (χ3v) is 1.35. The molecule has 1 aromatic carbocycles. The molecule has 4 heteroatoms. The van der Waals surface area contributed by atoms with Gasteiger partial charge >= 0.3 is 5.97 Å². The molecule has 0 aliphatic heterocycles. The summed E-state index contributed by atoms with van der Waals surface area (Å²) >= 11 is 0. The minimum atomic E-state index is -1.41. The van der Waals surface area contributed by atoms with E-state index in [2.05, 4.69) is 0 Å². The van der Waals surface area contributed by atoms with Crippen LogP contribution < -0.4 is 0 Å². The van der Waals surface area contributed by atoms with Crippen molar-refractivity contribution < 1.29 is 40.9 Å². The summed E-state index contributed by atoms with van der Waals surface area (Å²) < 4.78 is 0. The van der Waals surface area contributed by atoms with Crippen LogP contribution in [0.2, 0.25) is 0 Å². The van der Waals surface area contributed by atoms with Crippen LogP contribution in [0.25, 0.3) is 0 Å². The van der Waals surface area contributed by atoms with Crippen LogP contribution in [0.5, 0.6) is 0 Å². The summed E-state index contributed by atoms with van der Waals surface area (Å²) in [5.74, 6) is -1.23. The van der Waals surface area contributed by atoms with Crippen molar-refractivity contribution in [1.29, 1.82) is 0 Å². The Morgan fingerprint density at radius 3 is 2.17 bits per heavy atom. The average Bonchev–Trinajstić information content (AvgIpc) is 2.05. The van der Waals surface area contributed by atoms with Gasteiger partial charge in [0.2, 0.25) is 0 Å². The molecular weight excluding hydrogens is 323 g/mol. The molecule has 0 fully saturated rings. The number of carboxylic acids is 1. The van der Waals surface area contributed by atoms with Gasteiger partial charge in [-0.2, -0.15) is 0 Å². The fraction of sp³-hybridized carbons (Fsp3) is 0.125. The van der Waals surface area contributed by atoms with E-state index in [0.29, 0.717) is 5.56 Å². The quantitative estimate of drug-likeness (QED) is 0.789. The summed E-state index contributed by atoms with van der Waals surface area (Å²) in [7, 11) is 0. The smallest absolute Gasteiger partial charge is 0.337 e. The molecule has 0 amide bonds. The number of aliphatic hydroxyl groups excluding tert-OH is 1. The van der Waals surface area contributed by atoms with E-state index in [9.17, 15) is 4.79 Å². The maximum atomic E-state index is 10.2. The number of rotatable bonds is 2. The first-order valence-corrected chi connectivity index (χ1v) is 3.17. The van der Waals surface area contributed by atoms with E-state index < -0.39 is 12.1 Å². The number of hydrogen-bond acceptors (Lipinski definition) is 2. The van der Waals surface area contributed by atoms with Crippen LogP contribution in [0.3, 0.4) is 0 Å². The van der Waals surface area contributed by atoms with Crippen LogP contribution in [-0.4, -0.2) is 16.2 Å². The van der Waals surface area contributed by atoms with Gasteiger partial charge in [-0.05, 0) is 5.56 Å². The van der Waals surface area contributed by atoms with Gasteiger partial charge in [-0.15, -0.1) is 0 Å². The summed E-state index contributed by atoms with van der Waals surface area (Å²) in [5, 5.41) is 17.4. The first-order chi connectivity index (χ1) is 5.22. The van der Waals surface area contributed by atoms with Crippen molar-refractivity contribution in [2.24, 2.45) is 0 Å². The zero-order chi connectivity index (χ0) is 8.27. The van der Waals surface area contributed by atoms with Gasteiger partial charge in [-0.25, -0.2) is 4.79 Å². The van der Waals surface area contributed by atoms with Crippen molar-refractivity contribution in [3.63, 3.8) is 0 Å². The first kappa shape index (κ1) is 11.5. The third kappa shape index (κ3) is 2.87. The predicted octanol–water partition coefficient (Wildman–Crippen LogP) is 0.802. The Morgan fingerprint density at radius 1 is 1.25 bits per heavy atom. The summed E-state index contributed by atoms with van der Waals surface area (Å²) in [5.41, 5.74) is 0.403. The Bertz CT molecular complexity index is 248. The second kappa shape index (κ2) is 5.22. The van der Waals surface area contributed by atoms with E-state index in [1.54, 1.807) is 30.3 Å². The molecule has 0 heterocycles. The molecule has 0 aliphatic rings. The molecule has 3 nitrogen and oxygen atoms in total. The van der Waals surface area contributed by atoms with Gasteiger partial charge in [0.15, 0.2) is 6.10 Å². The number of aliphatic carboxylic acids is 1. The van der Waals surface area contributed by atoms with Crippen LogP contribution >= 0.6 is 0 Å². The van der Waals surface area contributed by atoms with Crippen molar-refractivity contribution in [3.05, 3.63) is 35.9 Å². The maximum absolute atomic E-state index is 10.2. The molecule has 1 rings (SSSR count). The van der Waals surface area contributed by atoms with Gasteiger partial charge in [0.1, 0.15) is 0 Å². The largest absolute Gasteiger partial charge is 0.479 e. The first-order valence-electron chi connectivity index (χ1n) is 3.17. The molecule has 0 aromatic heterocycles. The molecule has 0 saturated carbocycles. The molecule has 0 aliphatic carbocycles. The second-order valence-electron chi connectivity index (χ2n) is 2.15. The molecule has 2 N–H and O–H groups in total. The average molecular weight is 331 g/mol. The van der Waals surface area contributed by atoms with Crippen molar-refractivity contribution in [3.8, 4) is 0 Å². The molecule has 0 saturated heterocycles. The van der Waals surface area contributed by atoms with Crippen LogP contribution in [0, 0.1) is 0 Å². The van der Waals surface area contributed by atoms with Crippen LogP contribution in [-0.2, 0) is 30.6 Å². The molecule has 0 spiro atoms. The minimum Gasteiger partial charge on any atom is -0.479 e. The summed E-state index contributed by atoms with van der Waals surface area (Å²) in [6.45, 7) is 0. The van der Waals surface area contributed by atoms with Crippen molar-refractivity contribution >= 4 is 5.97 Å². The van der Waals surface area contributed by atoms with E-state index in [1.165, 1.54) is 0 Å². The fourth-order valence-electron chi connectivity index (χ4n) is 0.778. The molecule has 0 bridgehead atoms. The number of carboxylic acid groups (broad SMARTS) is 1. The topological polar surface area (TPSA) is 57.5 Å². The van der Waals surface area contributed by atoms with Gasteiger partial charge in [-0.1, -0.05) is 30.3 Å². The van der Waals surface area contributed by atoms with Crippen molar-refractivity contribution in [1.82, 2.24) is 0 Å². The van der Waals surface area contributed by atoms with E-state index in [4.69, 9.17) is 10.2 Å². The zero-order valence-electron chi connectivity index (χ0n) is 6.27. The van der Waals surface area contributed by atoms with Crippen LogP contribution in [0.4, 0.5) is 0 Å². The standard InChI is InChI=1S/C8H8O3.Hf/c9-7(8(10)11)6-4-2-1-3-5-6;/h1-5,7,9H,(H,10,11);. The summed E-state index contributed by atoms with van der Waals surface area (Å²) in [6, 6.07) is 8.26. The molecule has 62 valence electrons. The monoisotopic (exact) mass is 332 g/mol. The molecule has 1 atom stereocenters. The van der Waals surface area contributed by atoms with Gasteiger partial charge in [0.25, 0.3) is 0 Å². The van der Waals surface area contributed by atoms with E-state index in [-0.39, 0.29) is 25.8 Å². The Morgan fingerprint density at radius 2 is 1.75 bits per heavy atom. The van der Waals surface area contributed by atoms with E-state index >= 15 is 0 Å². The van der Waals surface area contributed by atoms with Crippen LogP contribution in [0.1, 0.15) is 11.7 Å². The summed E-state index contributed by atoms with van der Waals surface area (Å²) in [4.78, 5) is 10.2. The predicted molar refractivity (Wildman–Crippen MR) is 39.0 cm³/mol. The van der Waals surface area contributed by atoms with E-state index in [0.717, 1.165) is 0 Å². The van der Waals surface area contributed by atoms with Crippen LogP contribution in [0.15, 0.2) is 30.3 Å². The number of benzene rings is 1. The number of aliphatic hydroxyl groups is 1. The van der Waals surface area contributed by atoms with Gasteiger partial charge in [0, 0.05) is 25.8 Å². The number of hydrogen-bond donors (Lipinski definition) is 2. The second-order valence-corrected chi connectivity index (χ2v) is 2.15. The molecule has 1 unspecified atom stereocenters. The molecule has 0 radical (unpaired) electrons. The Kier molecular flexibility index (Phi) is 5.01. The minimum absolute atomic E-state index is 0. The zero-order valence-corrected chi connectivity index (χ0v) is 9.86. The van der Waals surface area contributed by atoms with Crippen molar-refractivity contribution in [2.75, 3.05) is 0 Å². The SMILES string of the molecule is O=C(O)C(O)c1ccccc1.[Hf]. The Hall–Kier alpha value is -0.480. The van der Waals surface area contributed by atoms with Gasteiger partial charge in [-0.3, -0.25) is 0 Å². The molecule has 1 aromatic rings. The fourth-order valence-corrected chi connectivity index (χ4v) is 0.778. The number of carbonyl (C=O) groups is 1. The normalized spacial score (nSPS) is 11.4. The molecular formula is C8H8HfO3. The van der Waals surface area contributed by atoms with Crippen molar-refractivity contribution in [2.45, 2.75) is 6.10 Å². The molecule has 12 heavy (non-hydrogen) atoms. The third-order valence-electron chi connectivity index (χ3n) is 1.35. The van der Waals surface area contributed by atoms with Gasteiger partial charge < -0.3 is 10.2 Å². The Balaban J connectivity index is 0.00000121.